The Morgan fingerprint density at radius 3 is 1.28 bits per heavy atom. The van der Waals surface area contributed by atoms with Gasteiger partial charge >= 0.3 is 0 Å². The standard InChI is InChI=1S/C33H50O6/c1-5-9-24-34-28-18-16-20-30(32(28)38-22-7-3)36-26-14-12-11-13-15-27-37-31-21-17-19-29(35-25-10-6-2)33(31)39-23-8-4/h11-12,16-21H,5-10,13-15,22-27H2,1-4H3/b12-11-. The fourth-order valence-electron chi connectivity index (χ4n) is 3.65. The molecule has 218 valence electrons. The summed E-state index contributed by atoms with van der Waals surface area (Å²) in [5, 5.41) is 0. The molecule has 0 aliphatic rings. The van der Waals surface area contributed by atoms with Crippen molar-refractivity contribution in [2.24, 2.45) is 0 Å². The third-order valence-corrected chi connectivity index (χ3v) is 5.78. The van der Waals surface area contributed by atoms with Gasteiger partial charge in [-0.2, -0.15) is 0 Å². The lowest BCUT2D eigenvalue weighted by atomic mass is 10.2. The first-order chi connectivity index (χ1) is 19.2. The molecule has 0 unspecified atom stereocenters. The smallest absolute Gasteiger partial charge is 0.203 e. The second-order valence-corrected chi connectivity index (χ2v) is 9.37. The number of rotatable bonds is 23. The predicted molar refractivity (Wildman–Crippen MR) is 159 cm³/mol. The van der Waals surface area contributed by atoms with Gasteiger partial charge in [-0.05, 0) is 69.2 Å². The van der Waals surface area contributed by atoms with Gasteiger partial charge in [0.25, 0.3) is 0 Å². The molecule has 0 aromatic heterocycles. The Labute approximate surface area is 236 Å². The second kappa shape index (κ2) is 20.9. The van der Waals surface area contributed by atoms with Crippen molar-refractivity contribution < 1.29 is 28.4 Å². The third kappa shape index (κ3) is 12.6. The summed E-state index contributed by atoms with van der Waals surface area (Å²) in [7, 11) is 0. The van der Waals surface area contributed by atoms with E-state index in [2.05, 4.69) is 39.8 Å². The maximum absolute atomic E-state index is 6.07. The van der Waals surface area contributed by atoms with Crippen LogP contribution in [0.3, 0.4) is 0 Å². The lowest BCUT2D eigenvalue weighted by Crippen LogP contribution is -2.05. The summed E-state index contributed by atoms with van der Waals surface area (Å²) in [6.07, 6.45) is 13.1. The maximum atomic E-state index is 6.07. The highest BCUT2D eigenvalue weighted by Crippen LogP contribution is 2.38. The van der Waals surface area contributed by atoms with Crippen LogP contribution in [0.2, 0.25) is 0 Å². The average molecular weight is 543 g/mol. The zero-order valence-corrected chi connectivity index (χ0v) is 24.7. The first-order valence-electron chi connectivity index (χ1n) is 14.9. The second-order valence-electron chi connectivity index (χ2n) is 9.37. The van der Waals surface area contributed by atoms with Crippen molar-refractivity contribution in [2.75, 3.05) is 39.6 Å². The Bertz CT molecular complexity index is 926. The minimum Gasteiger partial charge on any atom is -0.490 e. The van der Waals surface area contributed by atoms with Crippen molar-refractivity contribution in [1.82, 2.24) is 0 Å². The van der Waals surface area contributed by atoms with Crippen molar-refractivity contribution in [1.29, 1.82) is 0 Å². The number of unbranched alkanes of at least 4 members (excludes halogenated alkanes) is 3. The molecule has 6 nitrogen and oxygen atoms in total. The van der Waals surface area contributed by atoms with Crippen molar-refractivity contribution in [3.63, 3.8) is 0 Å². The fourth-order valence-corrected chi connectivity index (χ4v) is 3.65. The van der Waals surface area contributed by atoms with Gasteiger partial charge in [0.2, 0.25) is 11.5 Å². The third-order valence-electron chi connectivity index (χ3n) is 5.78. The number of ether oxygens (including phenoxy) is 6. The van der Waals surface area contributed by atoms with Gasteiger partial charge in [-0.1, -0.05) is 64.8 Å². The summed E-state index contributed by atoms with van der Waals surface area (Å²) >= 11 is 0. The molecule has 0 bridgehead atoms. The van der Waals surface area contributed by atoms with Gasteiger partial charge in [0, 0.05) is 0 Å². The largest absolute Gasteiger partial charge is 0.490 e. The molecule has 2 rings (SSSR count). The average Bonchev–Trinajstić information content (AvgIpc) is 2.95. The molecule has 2 aromatic rings. The van der Waals surface area contributed by atoms with Crippen LogP contribution in [0.15, 0.2) is 48.6 Å². The predicted octanol–water partition coefficient (Wildman–Crippen LogP) is 8.81. The minimum absolute atomic E-state index is 0.580. The van der Waals surface area contributed by atoms with Crippen LogP contribution in [-0.2, 0) is 0 Å². The normalized spacial score (nSPS) is 11.0. The molecule has 0 saturated heterocycles. The number of para-hydroxylation sites is 2. The highest BCUT2D eigenvalue weighted by atomic mass is 16.5. The van der Waals surface area contributed by atoms with Gasteiger partial charge < -0.3 is 28.4 Å². The van der Waals surface area contributed by atoms with Gasteiger partial charge in [-0.3, -0.25) is 0 Å². The van der Waals surface area contributed by atoms with Crippen LogP contribution in [0, 0.1) is 0 Å². The zero-order valence-electron chi connectivity index (χ0n) is 24.7. The number of benzene rings is 2. The van der Waals surface area contributed by atoms with Crippen LogP contribution in [-0.4, -0.2) is 39.6 Å². The molecular weight excluding hydrogens is 492 g/mol. The van der Waals surface area contributed by atoms with Crippen LogP contribution in [0.25, 0.3) is 0 Å². The molecule has 0 aliphatic heterocycles. The number of allylic oxidation sites excluding steroid dienone is 1. The number of hydrogen-bond acceptors (Lipinski definition) is 6. The molecule has 39 heavy (non-hydrogen) atoms. The monoisotopic (exact) mass is 542 g/mol. The molecule has 0 fully saturated rings. The fraction of sp³-hybridized carbons (Fsp3) is 0.576. The van der Waals surface area contributed by atoms with Crippen LogP contribution < -0.4 is 28.4 Å². The summed E-state index contributed by atoms with van der Waals surface area (Å²) < 4.78 is 35.9. The van der Waals surface area contributed by atoms with Crippen molar-refractivity contribution >= 4 is 0 Å². The van der Waals surface area contributed by atoms with Crippen molar-refractivity contribution in [3.8, 4) is 34.5 Å². The van der Waals surface area contributed by atoms with Crippen LogP contribution in [0.1, 0.15) is 85.5 Å². The molecule has 0 saturated carbocycles. The molecule has 0 radical (unpaired) electrons. The molecule has 6 heteroatoms. The summed E-state index contributed by atoms with van der Waals surface area (Å²) in [5.41, 5.74) is 0. The summed E-state index contributed by atoms with van der Waals surface area (Å²) in [4.78, 5) is 0. The Morgan fingerprint density at radius 1 is 0.436 bits per heavy atom. The van der Waals surface area contributed by atoms with Crippen molar-refractivity contribution in [3.05, 3.63) is 48.6 Å². The van der Waals surface area contributed by atoms with Gasteiger partial charge in [-0.15, -0.1) is 0 Å². The van der Waals surface area contributed by atoms with E-state index in [1.807, 2.05) is 36.4 Å². The first kappa shape index (κ1) is 32.2. The highest BCUT2D eigenvalue weighted by molar-refractivity contribution is 5.52. The summed E-state index contributed by atoms with van der Waals surface area (Å²) in [6.45, 7) is 12.3. The molecule has 0 atom stereocenters. The summed E-state index contributed by atoms with van der Waals surface area (Å²) in [5.74, 6) is 4.42. The molecule has 0 spiro atoms. The Balaban J connectivity index is 1.77. The minimum atomic E-state index is 0.580. The van der Waals surface area contributed by atoms with E-state index >= 15 is 0 Å². The molecule has 2 aromatic carbocycles. The van der Waals surface area contributed by atoms with Gasteiger partial charge in [0.1, 0.15) is 0 Å². The van der Waals surface area contributed by atoms with Crippen LogP contribution >= 0.6 is 0 Å². The van der Waals surface area contributed by atoms with E-state index in [0.29, 0.717) is 51.1 Å². The van der Waals surface area contributed by atoms with E-state index in [4.69, 9.17) is 28.4 Å². The molecule has 0 heterocycles. The highest BCUT2D eigenvalue weighted by Gasteiger charge is 2.13. The van der Waals surface area contributed by atoms with Gasteiger partial charge in [-0.25, -0.2) is 0 Å². The lowest BCUT2D eigenvalue weighted by molar-refractivity contribution is 0.240. The summed E-state index contributed by atoms with van der Waals surface area (Å²) in [6, 6.07) is 11.7. The van der Waals surface area contributed by atoms with E-state index in [0.717, 1.165) is 80.8 Å². The molecule has 0 N–H and O–H groups in total. The van der Waals surface area contributed by atoms with E-state index in [1.165, 1.54) is 0 Å². The zero-order chi connectivity index (χ0) is 28.0. The quantitative estimate of drug-likeness (QED) is 0.103. The topological polar surface area (TPSA) is 55.4 Å². The molecule has 0 amide bonds. The van der Waals surface area contributed by atoms with Crippen LogP contribution in [0.4, 0.5) is 0 Å². The lowest BCUT2D eigenvalue weighted by Gasteiger charge is -2.16. The Kier molecular flexibility index (Phi) is 17.2. The van der Waals surface area contributed by atoms with E-state index in [1.54, 1.807) is 0 Å². The van der Waals surface area contributed by atoms with Gasteiger partial charge in [0.05, 0.1) is 39.6 Å². The number of hydrogen-bond donors (Lipinski definition) is 0. The van der Waals surface area contributed by atoms with Crippen molar-refractivity contribution in [2.45, 2.75) is 85.5 Å². The van der Waals surface area contributed by atoms with E-state index in [-0.39, 0.29) is 0 Å². The first-order valence-corrected chi connectivity index (χ1v) is 14.9. The Morgan fingerprint density at radius 2 is 0.846 bits per heavy atom. The SMILES string of the molecule is CCCCOc1cccc(OCC/C=C\CCCOc2cccc(OCCCC)c2OCCC)c1OCCC. The van der Waals surface area contributed by atoms with E-state index < -0.39 is 0 Å². The maximum Gasteiger partial charge on any atom is 0.203 e. The van der Waals surface area contributed by atoms with Gasteiger partial charge in [0.15, 0.2) is 23.0 Å². The Hall–Kier alpha value is -3.02. The van der Waals surface area contributed by atoms with E-state index in [9.17, 15) is 0 Å². The van der Waals surface area contributed by atoms with Crippen LogP contribution in [0.5, 0.6) is 34.5 Å². The molecular formula is C33H50O6. The molecule has 0 aliphatic carbocycles.